The molecule has 1 aromatic heterocycles. The zero-order valence-electron chi connectivity index (χ0n) is 11.3. The molecule has 2 aromatic rings. The molecule has 3 rings (SSSR count). The number of rotatable bonds is 5. The van der Waals surface area contributed by atoms with Crippen LogP contribution in [0.1, 0.15) is 12.8 Å². The van der Waals surface area contributed by atoms with Gasteiger partial charge in [0.15, 0.2) is 0 Å². The number of hydrogen-bond acceptors (Lipinski definition) is 4. The summed E-state index contributed by atoms with van der Waals surface area (Å²) in [4.78, 5) is 4.32. The Morgan fingerprint density at radius 1 is 1.33 bits per heavy atom. The van der Waals surface area contributed by atoms with Crippen LogP contribution in [0.3, 0.4) is 0 Å². The van der Waals surface area contributed by atoms with Crippen LogP contribution in [-0.4, -0.2) is 25.3 Å². The Labute approximate surface area is 122 Å². The van der Waals surface area contributed by atoms with Crippen LogP contribution in [0.4, 0.5) is 0 Å². The molecule has 1 aliphatic rings. The first-order chi connectivity index (χ1) is 9.99. The van der Waals surface area contributed by atoms with Gasteiger partial charge < -0.3 is 5.73 Å². The van der Waals surface area contributed by atoms with Crippen molar-refractivity contribution < 1.29 is 8.42 Å². The number of pyridine rings is 1. The van der Waals surface area contributed by atoms with E-state index in [0.717, 1.165) is 12.8 Å². The predicted octanol–water partition coefficient (Wildman–Crippen LogP) is 1.23. The maximum absolute atomic E-state index is 12.6. The molecule has 7 heteroatoms. The Kier molecular flexibility index (Phi) is 3.38. The number of aromatic nitrogens is 1. The van der Waals surface area contributed by atoms with Crippen LogP contribution >= 0.6 is 0 Å². The molecule has 1 unspecified atom stereocenters. The monoisotopic (exact) mass is 304 g/mol. The topological polar surface area (TPSA) is 109 Å². The number of amidine groups is 1. The molecular weight excluding hydrogens is 288 g/mol. The molecule has 0 amide bonds. The van der Waals surface area contributed by atoms with E-state index in [-0.39, 0.29) is 16.6 Å². The summed E-state index contributed by atoms with van der Waals surface area (Å²) in [5.74, 6) is -0.00943. The number of sulfonamides is 1. The van der Waals surface area contributed by atoms with Gasteiger partial charge in [0.1, 0.15) is 5.84 Å². The van der Waals surface area contributed by atoms with Crippen molar-refractivity contribution >= 4 is 26.8 Å². The average Bonchev–Trinajstić information content (AvgIpc) is 3.28. The van der Waals surface area contributed by atoms with E-state index in [0.29, 0.717) is 10.9 Å². The van der Waals surface area contributed by atoms with Gasteiger partial charge in [-0.1, -0.05) is 6.07 Å². The average molecular weight is 304 g/mol. The number of hydrogen-bond donors (Lipinski definition) is 3. The van der Waals surface area contributed by atoms with Crippen molar-refractivity contribution in [2.45, 2.75) is 23.8 Å². The van der Waals surface area contributed by atoms with Crippen molar-refractivity contribution in [1.82, 2.24) is 9.71 Å². The Bertz CT molecular complexity index is 794. The summed E-state index contributed by atoms with van der Waals surface area (Å²) in [7, 11) is -3.75. The molecule has 0 bridgehead atoms. The second-order valence-electron chi connectivity index (χ2n) is 5.22. The SMILES string of the molecule is N=C(N)C(NS(=O)(=O)c1cccc2ncccc12)C1CC1. The summed E-state index contributed by atoms with van der Waals surface area (Å²) in [6, 6.07) is 7.75. The van der Waals surface area contributed by atoms with Crippen molar-refractivity contribution in [3.63, 3.8) is 0 Å². The summed E-state index contributed by atoms with van der Waals surface area (Å²) < 4.78 is 27.8. The van der Waals surface area contributed by atoms with Gasteiger partial charge in [-0.3, -0.25) is 10.4 Å². The van der Waals surface area contributed by atoms with E-state index in [9.17, 15) is 8.42 Å². The largest absolute Gasteiger partial charge is 0.386 e. The van der Waals surface area contributed by atoms with E-state index in [4.69, 9.17) is 11.1 Å². The van der Waals surface area contributed by atoms with Crippen LogP contribution in [0.15, 0.2) is 41.4 Å². The van der Waals surface area contributed by atoms with Gasteiger partial charge in [0.05, 0.1) is 16.5 Å². The third-order valence-electron chi connectivity index (χ3n) is 3.61. The van der Waals surface area contributed by atoms with Crippen molar-refractivity contribution in [3.05, 3.63) is 36.5 Å². The lowest BCUT2D eigenvalue weighted by atomic mass is 10.2. The van der Waals surface area contributed by atoms with E-state index in [1.807, 2.05) is 0 Å². The summed E-state index contributed by atoms with van der Waals surface area (Å²) in [6.45, 7) is 0. The fourth-order valence-electron chi connectivity index (χ4n) is 2.38. The van der Waals surface area contributed by atoms with Gasteiger partial charge in [-0.25, -0.2) is 13.1 Å². The molecule has 0 radical (unpaired) electrons. The molecule has 0 spiro atoms. The van der Waals surface area contributed by atoms with E-state index in [1.54, 1.807) is 30.5 Å². The van der Waals surface area contributed by atoms with Gasteiger partial charge in [-0.05, 0) is 43.0 Å². The van der Waals surface area contributed by atoms with Crippen molar-refractivity contribution in [1.29, 1.82) is 5.41 Å². The first-order valence-electron chi connectivity index (χ1n) is 6.69. The first kappa shape index (κ1) is 14.0. The minimum atomic E-state index is -3.75. The number of nitrogens with two attached hydrogens (primary N) is 1. The molecule has 1 aromatic carbocycles. The van der Waals surface area contributed by atoms with Gasteiger partial charge in [0.2, 0.25) is 10.0 Å². The Morgan fingerprint density at radius 2 is 2.10 bits per heavy atom. The maximum Gasteiger partial charge on any atom is 0.241 e. The third-order valence-corrected chi connectivity index (χ3v) is 5.11. The van der Waals surface area contributed by atoms with Crippen molar-refractivity contribution in [2.75, 3.05) is 0 Å². The van der Waals surface area contributed by atoms with Crippen molar-refractivity contribution in [3.8, 4) is 0 Å². The highest BCUT2D eigenvalue weighted by Gasteiger charge is 2.36. The Morgan fingerprint density at radius 3 is 2.76 bits per heavy atom. The van der Waals surface area contributed by atoms with E-state index in [2.05, 4.69) is 9.71 Å². The summed E-state index contributed by atoms with van der Waals surface area (Å²) >= 11 is 0. The molecule has 1 saturated carbocycles. The molecule has 1 fully saturated rings. The summed E-state index contributed by atoms with van der Waals surface area (Å²) in [6.07, 6.45) is 3.41. The number of fused-ring (bicyclic) bond motifs is 1. The minimum Gasteiger partial charge on any atom is -0.386 e. The fraction of sp³-hybridized carbons (Fsp3) is 0.286. The maximum atomic E-state index is 12.6. The molecule has 0 saturated heterocycles. The normalized spacial score (nSPS) is 16.8. The van der Waals surface area contributed by atoms with Crippen LogP contribution in [-0.2, 0) is 10.0 Å². The van der Waals surface area contributed by atoms with Crippen LogP contribution < -0.4 is 10.5 Å². The Balaban J connectivity index is 2.02. The van der Waals surface area contributed by atoms with Crippen LogP contribution in [0.25, 0.3) is 10.9 Å². The van der Waals surface area contributed by atoms with Crippen LogP contribution in [0.5, 0.6) is 0 Å². The highest BCUT2D eigenvalue weighted by Crippen LogP contribution is 2.33. The second-order valence-corrected chi connectivity index (χ2v) is 6.90. The second kappa shape index (κ2) is 5.09. The lowest BCUT2D eigenvalue weighted by Gasteiger charge is -2.17. The lowest BCUT2D eigenvalue weighted by Crippen LogP contribution is -2.45. The van der Waals surface area contributed by atoms with Crippen LogP contribution in [0.2, 0.25) is 0 Å². The number of nitrogens with one attached hydrogen (secondary N) is 2. The molecule has 6 nitrogen and oxygen atoms in total. The number of nitrogens with zero attached hydrogens (tertiary/aromatic N) is 1. The fourth-order valence-corrected chi connectivity index (χ4v) is 3.88. The highest BCUT2D eigenvalue weighted by molar-refractivity contribution is 7.89. The van der Waals surface area contributed by atoms with E-state index >= 15 is 0 Å². The molecule has 1 aliphatic carbocycles. The van der Waals surface area contributed by atoms with Gasteiger partial charge >= 0.3 is 0 Å². The van der Waals surface area contributed by atoms with Gasteiger partial charge in [0, 0.05) is 11.6 Å². The zero-order chi connectivity index (χ0) is 15.0. The molecular formula is C14H16N4O2S. The molecule has 4 N–H and O–H groups in total. The molecule has 1 atom stereocenters. The van der Waals surface area contributed by atoms with E-state index < -0.39 is 16.1 Å². The van der Waals surface area contributed by atoms with Gasteiger partial charge in [-0.2, -0.15) is 0 Å². The molecule has 1 heterocycles. The smallest absolute Gasteiger partial charge is 0.241 e. The van der Waals surface area contributed by atoms with Crippen LogP contribution in [0, 0.1) is 11.3 Å². The lowest BCUT2D eigenvalue weighted by molar-refractivity contribution is 0.564. The standard InChI is InChI=1S/C14H16N4O2S/c15-14(16)13(9-6-7-9)18-21(19,20)12-5-1-4-11-10(12)3-2-8-17-11/h1-5,8-9,13,18H,6-7H2,(H3,15,16). The molecule has 110 valence electrons. The number of benzene rings is 1. The quantitative estimate of drug-likeness (QED) is 0.570. The molecule has 0 aliphatic heterocycles. The minimum absolute atomic E-state index is 0.130. The highest BCUT2D eigenvalue weighted by atomic mass is 32.2. The predicted molar refractivity (Wildman–Crippen MR) is 80.5 cm³/mol. The van der Waals surface area contributed by atoms with Gasteiger partial charge in [0.25, 0.3) is 0 Å². The summed E-state index contributed by atoms with van der Waals surface area (Å²) in [5.41, 5.74) is 6.14. The van der Waals surface area contributed by atoms with Gasteiger partial charge in [-0.15, -0.1) is 0 Å². The third kappa shape index (κ3) is 2.74. The zero-order valence-corrected chi connectivity index (χ0v) is 12.1. The van der Waals surface area contributed by atoms with Crippen molar-refractivity contribution in [2.24, 2.45) is 11.7 Å². The molecule has 21 heavy (non-hydrogen) atoms. The van der Waals surface area contributed by atoms with E-state index in [1.165, 1.54) is 6.07 Å². The Hall–Kier alpha value is -1.99. The summed E-state index contributed by atoms with van der Waals surface area (Å²) in [5, 5.41) is 8.13. The first-order valence-corrected chi connectivity index (χ1v) is 8.17.